The maximum atomic E-state index is 10.3. The molecule has 0 aromatic rings. The summed E-state index contributed by atoms with van der Waals surface area (Å²) in [6, 6.07) is -0.458. The average Bonchev–Trinajstić information content (AvgIpc) is 2.51. The van der Waals surface area contributed by atoms with Crippen LogP contribution in [0.4, 0.5) is 0 Å². The molecule has 0 amide bonds. The van der Waals surface area contributed by atoms with Gasteiger partial charge in [0.25, 0.3) is 6.02 Å². The minimum Gasteiger partial charge on any atom is -0.548 e. The van der Waals surface area contributed by atoms with Crippen LogP contribution in [-0.4, -0.2) is 43.1 Å². The summed E-state index contributed by atoms with van der Waals surface area (Å²) in [6.45, 7) is 2.75. The Balaban J connectivity index is 2.59. The summed E-state index contributed by atoms with van der Waals surface area (Å²) < 4.78 is 5.03. The second kappa shape index (κ2) is 3.42. The third kappa shape index (κ3) is 1.66. The predicted molar refractivity (Wildman–Crippen MR) is 40.5 cm³/mol. The normalized spacial score (nSPS) is 21.5. The molecule has 0 saturated carbocycles. The molecule has 5 heteroatoms. The molecule has 0 unspecified atom stereocenters. The van der Waals surface area contributed by atoms with E-state index in [0.29, 0.717) is 6.02 Å². The number of amidine groups is 1. The molecule has 1 rings (SSSR count). The largest absolute Gasteiger partial charge is 0.548 e. The quantitative estimate of drug-likeness (QED) is 0.504. The van der Waals surface area contributed by atoms with E-state index in [0.717, 1.165) is 6.54 Å². The van der Waals surface area contributed by atoms with Crippen LogP contribution in [0.25, 0.3) is 0 Å². The first-order chi connectivity index (χ1) is 5.65. The molecule has 1 aliphatic heterocycles. The fourth-order valence-corrected chi connectivity index (χ4v) is 0.826. The van der Waals surface area contributed by atoms with Crippen molar-refractivity contribution in [3.8, 4) is 0 Å². The SMILES string of the molecule is CCN(C)C1=N[C@H](C(=O)[O-])CO1. The molecule has 0 aliphatic carbocycles. The van der Waals surface area contributed by atoms with Crippen molar-refractivity contribution < 1.29 is 14.6 Å². The monoisotopic (exact) mass is 171 g/mol. The van der Waals surface area contributed by atoms with Gasteiger partial charge < -0.3 is 19.5 Å². The highest BCUT2D eigenvalue weighted by Gasteiger charge is 2.21. The van der Waals surface area contributed by atoms with Gasteiger partial charge in [0.05, 0.1) is 5.97 Å². The van der Waals surface area contributed by atoms with Gasteiger partial charge in [0.2, 0.25) is 0 Å². The van der Waals surface area contributed by atoms with Crippen LogP contribution in [0.15, 0.2) is 4.99 Å². The lowest BCUT2D eigenvalue weighted by atomic mass is 10.3. The second-order valence-corrected chi connectivity index (χ2v) is 2.57. The molecule has 0 aromatic carbocycles. The third-order valence-electron chi connectivity index (χ3n) is 1.71. The number of aliphatic carboxylic acids is 1. The smallest absolute Gasteiger partial charge is 0.287 e. The van der Waals surface area contributed by atoms with Crippen LogP contribution >= 0.6 is 0 Å². The number of carboxylic acid groups (broad SMARTS) is 1. The van der Waals surface area contributed by atoms with Crippen LogP contribution in [0.3, 0.4) is 0 Å². The van der Waals surface area contributed by atoms with E-state index >= 15 is 0 Å². The van der Waals surface area contributed by atoms with Crippen LogP contribution in [0, 0.1) is 0 Å². The maximum Gasteiger partial charge on any atom is 0.287 e. The van der Waals surface area contributed by atoms with Gasteiger partial charge in [-0.25, -0.2) is 4.99 Å². The second-order valence-electron chi connectivity index (χ2n) is 2.57. The Morgan fingerprint density at radius 1 is 1.92 bits per heavy atom. The first-order valence-corrected chi connectivity index (χ1v) is 3.77. The Morgan fingerprint density at radius 3 is 3.00 bits per heavy atom. The highest BCUT2D eigenvalue weighted by molar-refractivity contribution is 5.82. The summed E-state index contributed by atoms with van der Waals surface area (Å²) in [4.78, 5) is 15.9. The van der Waals surface area contributed by atoms with Gasteiger partial charge >= 0.3 is 0 Å². The fourth-order valence-electron chi connectivity index (χ4n) is 0.826. The molecule has 0 N–H and O–H groups in total. The Bertz CT molecular complexity index is 215. The van der Waals surface area contributed by atoms with Crippen molar-refractivity contribution in [2.45, 2.75) is 13.0 Å². The van der Waals surface area contributed by atoms with Crippen LogP contribution < -0.4 is 5.11 Å². The van der Waals surface area contributed by atoms with Crippen molar-refractivity contribution in [2.75, 3.05) is 20.2 Å². The summed E-state index contributed by atoms with van der Waals surface area (Å²) in [5, 5.41) is 10.3. The van der Waals surface area contributed by atoms with Crippen molar-refractivity contribution in [3.05, 3.63) is 0 Å². The molecule has 0 bridgehead atoms. The summed E-state index contributed by atoms with van der Waals surface area (Å²) in [6.07, 6.45) is 0. The number of rotatable bonds is 2. The van der Waals surface area contributed by atoms with Gasteiger partial charge in [-0.05, 0) is 6.92 Å². The van der Waals surface area contributed by atoms with E-state index in [-0.39, 0.29) is 6.61 Å². The van der Waals surface area contributed by atoms with E-state index in [2.05, 4.69) is 4.99 Å². The zero-order valence-electron chi connectivity index (χ0n) is 7.11. The summed E-state index contributed by atoms with van der Waals surface area (Å²) in [7, 11) is 1.79. The summed E-state index contributed by atoms with van der Waals surface area (Å²) >= 11 is 0. The molecule has 0 fully saturated rings. The molecule has 68 valence electrons. The van der Waals surface area contributed by atoms with E-state index in [9.17, 15) is 9.90 Å². The molecule has 1 heterocycles. The lowest BCUT2D eigenvalue weighted by Crippen LogP contribution is -2.35. The number of nitrogens with zero attached hydrogens (tertiary/aromatic N) is 2. The number of hydrogen-bond donors (Lipinski definition) is 0. The first-order valence-electron chi connectivity index (χ1n) is 3.77. The molecule has 12 heavy (non-hydrogen) atoms. The number of hydrogen-bond acceptors (Lipinski definition) is 5. The Kier molecular flexibility index (Phi) is 2.52. The van der Waals surface area contributed by atoms with Gasteiger partial charge in [0, 0.05) is 13.6 Å². The number of carbonyl (C=O) groups is 1. The first kappa shape index (κ1) is 8.83. The lowest BCUT2D eigenvalue weighted by molar-refractivity contribution is -0.307. The zero-order valence-corrected chi connectivity index (χ0v) is 7.11. The Hall–Kier alpha value is -1.26. The van der Waals surface area contributed by atoms with Crippen molar-refractivity contribution in [1.82, 2.24) is 4.90 Å². The highest BCUT2D eigenvalue weighted by Crippen LogP contribution is 2.05. The van der Waals surface area contributed by atoms with Crippen LogP contribution in [0.1, 0.15) is 6.92 Å². The van der Waals surface area contributed by atoms with Crippen molar-refractivity contribution in [3.63, 3.8) is 0 Å². The van der Waals surface area contributed by atoms with Gasteiger partial charge in [-0.15, -0.1) is 0 Å². The molecule has 0 aromatic heterocycles. The minimum atomic E-state index is -1.19. The van der Waals surface area contributed by atoms with Gasteiger partial charge in [-0.3, -0.25) is 0 Å². The van der Waals surface area contributed by atoms with Crippen molar-refractivity contribution in [1.29, 1.82) is 0 Å². The molecule has 0 saturated heterocycles. The lowest BCUT2D eigenvalue weighted by Gasteiger charge is -2.13. The fraction of sp³-hybridized carbons (Fsp3) is 0.714. The highest BCUT2D eigenvalue weighted by atomic mass is 16.5. The van der Waals surface area contributed by atoms with E-state index in [1.165, 1.54) is 0 Å². The standard InChI is InChI=1S/C7H12N2O3/c1-3-9(2)7-8-5(4-12-7)6(10)11/h5H,3-4H2,1-2H3,(H,10,11)/p-1/t5-/m0/s1. The molecule has 1 aliphatic rings. The number of carbonyl (C=O) groups excluding carboxylic acids is 1. The van der Waals surface area contributed by atoms with Gasteiger partial charge in [0.1, 0.15) is 12.6 Å². The van der Waals surface area contributed by atoms with Gasteiger partial charge in [-0.2, -0.15) is 0 Å². The maximum absolute atomic E-state index is 10.3. The van der Waals surface area contributed by atoms with Gasteiger partial charge in [-0.1, -0.05) is 0 Å². The topological polar surface area (TPSA) is 65.0 Å². The van der Waals surface area contributed by atoms with Gasteiger partial charge in [0.15, 0.2) is 0 Å². The van der Waals surface area contributed by atoms with E-state index in [1.807, 2.05) is 6.92 Å². The van der Waals surface area contributed by atoms with E-state index in [4.69, 9.17) is 4.74 Å². The van der Waals surface area contributed by atoms with E-state index < -0.39 is 12.0 Å². The van der Waals surface area contributed by atoms with E-state index in [1.54, 1.807) is 11.9 Å². The molecule has 5 nitrogen and oxygen atoms in total. The molecular formula is C7H11N2O3-. The predicted octanol–water partition coefficient (Wildman–Crippen LogP) is -1.56. The van der Waals surface area contributed by atoms with Crippen LogP contribution in [0.2, 0.25) is 0 Å². The zero-order chi connectivity index (χ0) is 9.14. The average molecular weight is 171 g/mol. The van der Waals surface area contributed by atoms with Crippen LogP contribution in [0.5, 0.6) is 0 Å². The van der Waals surface area contributed by atoms with Crippen molar-refractivity contribution in [2.24, 2.45) is 4.99 Å². The summed E-state index contributed by atoms with van der Waals surface area (Å²) in [5.74, 6) is -1.19. The molecule has 0 radical (unpaired) electrons. The molecule has 1 atom stereocenters. The van der Waals surface area contributed by atoms with Crippen LogP contribution in [-0.2, 0) is 9.53 Å². The number of carboxylic acids is 1. The molecular weight excluding hydrogens is 160 g/mol. The minimum absolute atomic E-state index is 0.0853. The number of aliphatic imine (C=N–C) groups is 1. The van der Waals surface area contributed by atoms with Crippen molar-refractivity contribution >= 4 is 12.0 Å². The summed E-state index contributed by atoms with van der Waals surface area (Å²) in [5.41, 5.74) is 0. The Morgan fingerprint density at radius 2 is 2.58 bits per heavy atom. The number of ether oxygens (including phenoxy) is 1. The molecule has 0 spiro atoms. The third-order valence-corrected chi connectivity index (χ3v) is 1.71. The Labute approximate surface area is 70.6 Å².